The fourth-order valence-corrected chi connectivity index (χ4v) is 2.74. The molecular weight excluding hydrogens is 312 g/mol. The first-order valence-electron chi connectivity index (χ1n) is 6.70. The third-order valence-electron chi connectivity index (χ3n) is 3.24. The molecule has 1 aromatic heterocycles. The number of carbonyl (C=O) groups excluding carboxylic acids is 2. The molecule has 0 radical (unpaired) electrons. The van der Waals surface area contributed by atoms with Crippen LogP contribution >= 0.6 is 23.7 Å². The molecule has 2 heterocycles. The Bertz CT molecular complexity index is 455. The molecule has 3 amide bonds. The number of nitrogens with one attached hydrogen (secondary N) is 3. The molecule has 0 saturated carbocycles. The van der Waals surface area contributed by atoms with Gasteiger partial charge in [-0.15, -0.1) is 23.7 Å². The van der Waals surface area contributed by atoms with Crippen molar-refractivity contribution in [2.24, 2.45) is 0 Å². The maximum absolute atomic E-state index is 11.8. The number of carbonyl (C=O) groups is 2. The molecule has 0 spiro atoms. The van der Waals surface area contributed by atoms with E-state index in [1.54, 1.807) is 11.3 Å². The molecule has 3 N–H and O–H groups in total. The summed E-state index contributed by atoms with van der Waals surface area (Å²) in [6.07, 6.45) is 0. The molecule has 1 atom stereocenters. The van der Waals surface area contributed by atoms with Crippen LogP contribution in [0, 0.1) is 0 Å². The van der Waals surface area contributed by atoms with Crippen LogP contribution in [-0.4, -0.2) is 49.1 Å². The van der Waals surface area contributed by atoms with E-state index in [-0.39, 0.29) is 24.9 Å². The maximum Gasteiger partial charge on any atom is 0.321 e. The van der Waals surface area contributed by atoms with Crippen molar-refractivity contribution in [1.82, 2.24) is 20.9 Å². The Hall–Kier alpha value is -1.15. The summed E-state index contributed by atoms with van der Waals surface area (Å²) in [4.78, 5) is 26.5. The number of thiophene rings is 1. The fraction of sp³-hybridized carbons (Fsp3) is 0.538. The zero-order chi connectivity index (χ0) is 14.4. The van der Waals surface area contributed by atoms with Crippen molar-refractivity contribution in [3.05, 3.63) is 22.4 Å². The Labute approximate surface area is 134 Å². The summed E-state index contributed by atoms with van der Waals surface area (Å²) >= 11 is 1.57. The third kappa shape index (κ3) is 6.01. The highest BCUT2D eigenvalue weighted by Crippen LogP contribution is 2.07. The number of hydrogen-bond acceptors (Lipinski definition) is 5. The Balaban J connectivity index is 0.00000220. The number of nitrogens with zero attached hydrogens (tertiary/aromatic N) is 1. The van der Waals surface area contributed by atoms with Gasteiger partial charge in [0, 0.05) is 30.6 Å². The van der Waals surface area contributed by atoms with E-state index in [0.717, 1.165) is 24.5 Å². The van der Waals surface area contributed by atoms with E-state index in [0.29, 0.717) is 12.6 Å². The molecule has 21 heavy (non-hydrogen) atoms. The van der Waals surface area contributed by atoms with Gasteiger partial charge in [0.2, 0.25) is 5.91 Å². The van der Waals surface area contributed by atoms with Crippen molar-refractivity contribution < 1.29 is 9.59 Å². The summed E-state index contributed by atoms with van der Waals surface area (Å²) in [7, 11) is 0. The minimum absolute atomic E-state index is 0. The van der Waals surface area contributed by atoms with E-state index >= 15 is 0 Å². The van der Waals surface area contributed by atoms with Crippen LogP contribution in [-0.2, 0) is 11.3 Å². The van der Waals surface area contributed by atoms with Crippen LogP contribution in [0.15, 0.2) is 17.5 Å². The quantitative estimate of drug-likeness (QED) is 0.762. The lowest BCUT2D eigenvalue weighted by atomic mass is 10.2. The highest BCUT2D eigenvalue weighted by atomic mass is 35.5. The Morgan fingerprint density at radius 3 is 3.00 bits per heavy atom. The van der Waals surface area contributed by atoms with Gasteiger partial charge >= 0.3 is 6.03 Å². The van der Waals surface area contributed by atoms with Crippen molar-refractivity contribution in [3.8, 4) is 0 Å². The first kappa shape index (κ1) is 17.9. The van der Waals surface area contributed by atoms with Crippen molar-refractivity contribution >= 4 is 35.7 Å². The van der Waals surface area contributed by atoms with Gasteiger partial charge in [-0.05, 0) is 18.4 Å². The summed E-state index contributed by atoms with van der Waals surface area (Å²) in [5, 5.41) is 10.3. The molecule has 0 aromatic carbocycles. The molecule has 1 saturated heterocycles. The van der Waals surface area contributed by atoms with Gasteiger partial charge in [-0.25, -0.2) is 4.79 Å². The molecule has 0 bridgehead atoms. The smallest absolute Gasteiger partial charge is 0.321 e. The lowest BCUT2D eigenvalue weighted by molar-refractivity contribution is -0.121. The van der Waals surface area contributed by atoms with E-state index in [2.05, 4.69) is 27.8 Å². The first-order valence-corrected chi connectivity index (χ1v) is 7.58. The molecule has 1 aliphatic heterocycles. The summed E-state index contributed by atoms with van der Waals surface area (Å²) in [6.45, 7) is 5.35. The molecular formula is C13H21ClN4O2S. The molecule has 1 aliphatic rings. The Morgan fingerprint density at radius 2 is 2.33 bits per heavy atom. The van der Waals surface area contributed by atoms with Gasteiger partial charge in [-0.1, -0.05) is 6.07 Å². The predicted octanol–water partition coefficient (Wildman–Crippen LogP) is 0.789. The predicted molar refractivity (Wildman–Crippen MR) is 85.9 cm³/mol. The number of amides is 3. The van der Waals surface area contributed by atoms with Crippen molar-refractivity contribution in [2.45, 2.75) is 19.5 Å². The van der Waals surface area contributed by atoms with Crippen LogP contribution in [0.4, 0.5) is 4.79 Å². The topological polar surface area (TPSA) is 73.5 Å². The van der Waals surface area contributed by atoms with Gasteiger partial charge in [0.25, 0.3) is 0 Å². The second kappa shape index (κ2) is 8.99. The van der Waals surface area contributed by atoms with Gasteiger partial charge in [0.05, 0.1) is 13.1 Å². The number of rotatable bonds is 4. The number of urea groups is 1. The van der Waals surface area contributed by atoms with Crippen LogP contribution in [0.5, 0.6) is 0 Å². The minimum Gasteiger partial charge on any atom is -0.333 e. The average Bonchev–Trinajstić information content (AvgIpc) is 2.92. The fourth-order valence-electron chi connectivity index (χ4n) is 2.09. The second-order valence-corrected chi connectivity index (χ2v) is 5.87. The lowest BCUT2D eigenvalue weighted by Gasteiger charge is -2.33. The maximum atomic E-state index is 11.8. The van der Waals surface area contributed by atoms with Gasteiger partial charge in [0.15, 0.2) is 0 Å². The first-order chi connectivity index (χ1) is 9.65. The SMILES string of the molecule is C[C@H]1CNCCN1CC(=O)NC(=O)NCc1cccs1.Cl. The van der Waals surface area contributed by atoms with E-state index in [9.17, 15) is 9.59 Å². The van der Waals surface area contributed by atoms with Crippen LogP contribution in [0.2, 0.25) is 0 Å². The van der Waals surface area contributed by atoms with Gasteiger partial charge in [0.1, 0.15) is 0 Å². The second-order valence-electron chi connectivity index (χ2n) is 4.83. The zero-order valence-electron chi connectivity index (χ0n) is 11.9. The van der Waals surface area contributed by atoms with Crippen molar-refractivity contribution in [2.75, 3.05) is 26.2 Å². The summed E-state index contributed by atoms with van der Waals surface area (Å²) in [5.74, 6) is -0.262. The van der Waals surface area contributed by atoms with Gasteiger partial charge < -0.3 is 10.6 Å². The highest BCUT2D eigenvalue weighted by Gasteiger charge is 2.20. The molecule has 6 nitrogen and oxygen atoms in total. The highest BCUT2D eigenvalue weighted by molar-refractivity contribution is 7.09. The normalized spacial score (nSPS) is 18.6. The number of piperazine rings is 1. The monoisotopic (exact) mass is 332 g/mol. The van der Waals surface area contributed by atoms with E-state index in [1.807, 2.05) is 17.5 Å². The minimum atomic E-state index is -0.439. The molecule has 0 unspecified atom stereocenters. The van der Waals surface area contributed by atoms with E-state index in [1.165, 1.54) is 0 Å². The number of imide groups is 1. The molecule has 0 aliphatic carbocycles. The number of hydrogen-bond donors (Lipinski definition) is 3. The van der Waals surface area contributed by atoms with Crippen molar-refractivity contribution in [1.29, 1.82) is 0 Å². The molecule has 118 valence electrons. The van der Waals surface area contributed by atoms with Crippen LogP contribution in [0.25, 0.3) is 0 Å². The molecule has 2 rings (SSSR count). The van der Waals surface area contributed by atoms with Crippen LogP contribution in [0.1, 0.15) is 11.8 Å². The van der Waals surface area contributed by atoms with E-state index < -0.39 is 6.03 Å². The van der Waals surface area contributed by atoms with Crippen molar-refractivity contribution in [3.63, 3.8) is 0 Å². The summed E-state index contributed by atoms with van der Waals surface area (Å²) < 4.78 is 0. The number of halogens is 1. The third-order valence-corrected chi connectivity index (χ3v) is 4.12. The molecule has 1 fully saturated rings. The Kier molecular flexibility index (Phi) is 7.66. The zero-order valence-corrected chi connectivity index (χ0v) is 13.6. The summed E-state index contributed by atoms with van der Waals surface area (Å²) in [5.41, 5.74) is 0. The van der Waals surface area contributed by atoms with Crippen LogP contribution < -0.4 is 16.0 Å². The summed E-state index contributed by atoms with van der Waals surface area (Å²) in [6, 6.07) is 3.74. The Morgan fingerprint density at radius 1 is 1.52 bits per heavy atom. The standard InChI is InChI=1S/C13H20N4O2S.ClH/c1-10-7-14-4-5-17(10)9-12(18)16-13(19)15-8-11-3-2-6-20-11;/h2-3,6,10,14H,4-5,7-9H2,1H3,(H2,15,16,18,19);1H/t10-;/m0./s1. The van der Waals surface area contributed by atoms with Crippen LogP contribution in [0.3, 0.4) is 0 Å². The largest absolute Gasteiger partial charge is 0.333 e. The molecule has 1 aromatic rings. The van der Waals surface area contributed by atoms with Gasteiger partial charge in [-0.2, -0.15) is 0 Å². The average molecular weight is 333 g/mol. The van der Waals surface area contributed by atoms with Gasteiger partial charge in [-0.3, -0.25) is 15.0 Å². The lowest BCUT2D eigenvalue weighted by Crippen LogP contribution is -2.53. The molecule has 8 heteroatoms. The van der Waals surface area contributed by atoms with E-state index in [4.69, 9.17) is 0 Å².